The first-order chi connectivity index (χ1) is 7.74. The highest BCUT2D eigenvalue weighted by molar-refractivity contribution is 5.99. The molecule has 0 fully saturated rings. The summed E-state index contributed by atoms with van der Waals surface area (Å²) in [4.78, 5) is 11.8. The molecule has 84 valence electrons. The largest absolute Gasteiger partial charge is 0.493 e. The molecule has 0 aliphatic heterocycles. The Morgan fingerprint density at radius 1 is 1.38 bits per heavy atom. The first-order valence-electron chi connectivity index (χ1n) is 4.92. The maximum Gasteiger partial charge on any atom is 0.171 e. The summed E-state index contributed by atoms with van der Waals surface area (Å²) in [6.07, 6.45) is 5.87. The Morgan fingerprint density at radius 2 is 2.12 bits per heavy atom. The van der Waals surface area contributed by atoms with Gasteiger partial charge in [0.05, 0.1) is 19.8 Å². The molecule has 3 heteroatoms. The number of hydrogen-bond acceptors (Lipinski definition) is 3. The standard InChI is InChI=1S/C13H14O3/c1-4-5-8-11(14)10-7-6-9-12(15-2)13(10)16-3/h1,6-7,9H,5,8H2,2-3H3. The Kier molecular flexibility index (Phi) is 4.41. The molecule has 1 aromatic rings. The number of ketones is 1. The van der Waals surface area contributed by atoms with Crippen LogP contribution in [0.3, 0.4) is 0 Å². The molecule has 3 nitrogen and oxygen atoms in total. The van der Waals surface area contributed by atoms with Crippen LogP contribution < -0.4 is 9.47 Å². The maximum atomic E-state index is 11.8. The molecule has 0 aromatic heterocycles. The fourth-order valence-electron chi connectivity index (χ4n) is 1.43. The number of terminal acetylenes is 1. The van der Waals surface area contributed by atoms with Crippen molar-refractivity contribution in [3.8, 4) is 23.8 Å². The summed E-state index contributed by atoms with van der Waals surface area (Å²) in [7, 11) is 3.05. The van der Waals surface area contributed by atoms with Crippen LogP contribution in [0.2, 0.25) is 0 Å². The minimum absolute atomic E-state index is 0.0336. The third kappa shape index (κ3) is 2.54. The Labute approximate surface area is 95.4 Å². The van der Waals surface area contributed by atoms with Gasteiger partial charge in [-0.05, 0) is 12.1 Å². The van der Waals surface area contributed by atoms with Crippen molar-refractivity contribution in [2.45, 2.75) is 12.8 Å². The van der Waals surface area contributed by atoms with Crippen molar-refractivity contribution in [2.75, 3.05) is 14.2 Å². The van der Waals surface area contributed by atoms with Gasteiger partial charge in [-0.1, -0.05) is 6.07 Å². The normalized spacial score (nSPS) is 9.31. The Hall–Kier alpha value is -1.95. The predicted octanol–water partition coefficient (Wildman–Crippen LogP) is 2.30. The summed E-state index contributed by atoms with van der Waals surface area (Å²) in [6.45, 7) is 0. The van der Waals surface area contributed by atoms with Crippen molar-refractivity contribution in [3.05, 3.63) is 23.8 Å². The fraction of sp³-hybridized carbons (Fsp3) is 0.308. The van der Waals surface area contributed by atoms with Crippen LogP contribution in [0.4, 0.5) is 0 Å². The number of Topliss-reactive ketones (excluding diaryl/α,β-unsaturated/α-hetero) is 1. The molecule has 0 aliphatic rings. The van der Waals surface area contributed by atoms with Gasteiger partial charge in [0.25, 0.3) is 0 Å². The molecule has 1 rings (SSSR count). The molecule has 0 bridgehead atoms. The number of methoxy groups -OCH3 is 2. The number of carbonyl (C=O) groups excluding carboxylic acids is 1. The first kappa shape index (κ1) is 12.1. The van der Waals surface area contributed by atoms with Crippen LogP contribution >= 0.6 is 0 Å². The molecule has 1 aromatic carbocycles. The van der Waals surface area contributed by atoms with Crippen LogP contribution in [0.15, 0.2) is 18.2 Å². The highest BCUT2D eigenvalue weighted by atomic mass is 16.5. The summed E-state index contributed by atoms with van der Waals surface area (Å²) < 4.78 is 10.3. The molecule has 0 heterocycles. The van der Waals surface area contributed by atoms with Crippen molar-refractivity contribution >= 4 is 5.78 Å². The Balaban J connectivity index is 3.04. The van der Waals surface area contributed by atoms with Crippen LogP contribution in [-0.4, -0.2) is 20.0 Å². The van der Waals surface area contributed by atoms with E-state index >= 15 is 0 Å². The van der Waals surface area contributed by atoms with Gasteiger partial charge in [0.2, 0.25) is 0 Å². The monoisotopic (exact) mass is 218 g/mol. The number of ether oxygens (including phenoxy) is 2. The number of carbonyl (C=O) groups is 1. The summed E-state index contributed by atoms with van der Waals surface area (Å²) in [5, 5.41) is 0. The molecule has 0 aliphatic carbocycles. The molecular weight excluding hydrogens is 204 g/mol. The van der Waals surface area contributed by atoms with E-state index in [2.05, 4.69) is 5.92 Å². The van der Waals surface area contributed by atoms with Gasteiger partial charge in [0.1, 0.15) is 0 Å². The van der Waals surface area contributed by atoms with E-state index in [1.807, 2.05) is 0 Å². The van der Waals surface area contributed by atoms with E-state index in [1.165, 1.54) is 14.2 Å². The van der Waals surface area contributed by atoms with E-state index in [0.717, 1.165) is 0 Å². The van der Waals surface area contributed by atoms with Gasteiger partial charge in [-0.25, -0.2) is 0 Å². The molecule has 0 unspecified atom stereocenters. The second-order valence-electron chi connectivity index (χ2n) is 3.17. The van der Waals surface area contributed by atoms with Gasteiger partial charge in [-0.3, -0.25) is 4.79 Å². The third-order valence-corrected chi connectivity index (χ3v) is 2.20. The average Bonchev–Trinajstić information content (AvgIpc) is 2.34. The lowest BCUT2D eigenvalue weighted by atomic mass is 10.1. The molecule has 16 heavy (non-hydrogen) atoms. The SMILES string of the molecule is C#CCCC(=O)c1cccc(OC)c1OC. The zero-order valence-corrected chi connectivity index (χ0v) is 9.45. The number of rotatable bonds is 5. The smallest absolute Gasteiger partial charge is 0.171 e. The topological polar surface area (TPSA) is 35.5 Å². The molecule has 0 saturated carbocycles. The van der Waals surface area contributed by atoms with E-state index in [0.29, 0.717) is 29.9 Å². The van der Waals surface area contributed by atoms with E-state index < -0.39 is 0 Å². The van der Waals surface area contributed by atoms with Gasteiger partial charge < -0.3 is 9.47 Å². The lowest BCUT2D eigenvalue weighted by Gasteiger charge is -2.11. The minimum Gasteiger partial charge on any atom is -0.493 e. The lowest BCUT2D eigenvalue weighted by molar-refractivity contribution is 0.0980. The van der Waals surface area contributed by atoms with Gasteiger partial charge in [-0.15, -0.1) is 12.3 Å². The highest BCUT2D eigenvalue weighted by Crippen LogP contribution is 2.31. The predicted molar refractivity (Wildman–Crippen MR) is 61.9 cm³/mol. The van der Waals surface area contributed by atoms with E-state index in [-0.39, 0.29) is 5.78 Å². The number of benzene rings is 1. The van der Waals surface area contributed by atoms with Crippen molar-refractivity contribution < 1.29 is 14.3 Å². The molecule has 0 radical (unpaired) electrons. The van der Waals surface area contributed by atoms with Crippen molar-refractivity contribution in [1.82, 2.24) is 0 Å². The fourth-order valence-corrected chi connectivity index (χ4v) is 1.43. The highest BCUT2D eigenvalue weighted by Gasteiger charge is 2.15. The van der Waals surface area contributed by atoms with Crippen LogP contribution in [-0.2, 0) is 0 Å². The second kappa shape index (κ2) is 5.82. The lowest BCUT2D eigenvalue weighted by Crippen LogP contribution is -2.03. The maximum absolute atomic E-state index is 11.8. The Morgan fingerprint density at radius 3 is 2.69 bits per heavy atom. The zero-order valence-electron chi connectivity index (χ0n) is 9.45. The second-order valence-corrected chi connectivity index (χ2v) is 3.17. The minimum atomic E-state index is -0.0336. The van der Waals surface area contributed by atoms with Crippen LogP contribution in [0, 0.1) is 12.3 Å². The summed E-state index contributed by atoms with van der Waals surface area (Å²) in [5.41, 5.74) is 0.511. The third-order valence-electron chi connectivity index (χ3n) is 2.20. The number of para-hydroxylation sites is 1. The van der Waals surface area contributed by atoms with E-state index in [9.17, 15) is 4.79 Å². The van der Waals surface area contributed by atoms with Gasteiger partial charge in [0, 0.05) is 12.8 Å². The molecule has 0 N–H and O–H groups in total. The van der Waals surface area contributed by atoms with Gasteiger partial charge >= 0.3 is 0 Å². The molecular formula is C13H14O3. The van der Waals surface area contributed by atoms with Gasteiger partial charge in [0.15, 0.2) is 17.3 Å². The first-order valence-corrected chi connectivity index (χ1v) is 4.92. The van der Waals surface area contributed by atoms with E-state index in [4.69, 9.17) is 15.9 Å². The summed E-state index contributed by atoms with van der Waals surface area (Å²) in [6, 6.07) is 5.21. The van der Waals surface area contributed by atoms with Crippen molar-refractivity contribution in [1.29, 1.82) is 0 Å². The molecule has 0 spiro atoms. The molecule has 0 atom stereocenters. The van der Waals surface area contributed by atoms with Crippen LogP contribution in [0.1, 0.15) is 23.2 Å². The molecule has 0 amide bonds. The van der Waals surface area contributed by atoms with E-state index in [1.54, 1.807) is 18.2 Å². The zero-order chi connectivity index (χ0) is 12.0. The Bertz CT molecular complexity index is 416. The van der Waals surface area contributed by atoms with Crippen LogP contribution in [0.5, 0.6) is 11.5 Å². The summed E-state index contributed by atoms with van der Waals surface area (Å²) in [5.74, 6) is 3.42. The quantitative estimate of drug-likeness (QED) is 0.562. The number of hydrogen-bond donors (Lipinski definition) is 0. The van der Waals surface area contributed by atoms with Crippen molar-refractivity contribution in [3.63, 3.8) is 0 Å². The molecule has 0 saturated heterocycles. The van der Waals surface area contributed by atoms with Gasteiger partial charge in [-0.2, -0.15) is 0 Å². The average molecular weight is 218 g/mol. The van der Waals surface area contributed by atoms with Crippen molar-refractivity contribution in [2.24, 2.45) is 0 Å². The summed E-state index contributed by atoms with van der Waals surface area (Å²) >= 11 is 0. The van der Waals surface area contributed by atoms with Crippen LogP contribution in [0.25, 0.3) is 0 Å².